The SMILES string of the molecule is CC(C)Cn1ncnc1CC(=O)C1CCCC1(C)C. The standard InChI is InChI=1S/C15H25N3O/c1-11(2)9-18-14(16-10-17-18)8-13(19)12-6-5-7-15(12,3)4/h10-12H,5-9H2,1-4H3. The molecule has 4 nitrogen and oxygen atoms in total. The number of aromatic nitrogens is 3. The summed E-state index contributed by atoms with van der Waals surface area (Å²) in [5, 5.41) is 4.23. The Labute approximate surface area is 115 Å². The van der Waals surface area contributed by atoms with Crippen molar-refractivity contribution in [3.05, 3.63) is 12.2 Å². The van der Waals surface area contributed by atoms with Gasteiger partial charge in [-0.25, -0.2) is 9.67 Å². The van der Waals surface area contributed by atoms with Gasteiger partial charge in [0.2, 0.25) is 0 Å². The number of carbonyl (C=O) groups is 1. The van der Waals surface area contributed by atoms with Crippen LogP contribution in [0.5, 0.6) is 0 Å². The van der Waals surface area contributed by atoms with Crippen LogP contribution in [-0.2, 0) is 17.8 Å². The smallest absolute Gasteiger partial charge is 0.144 e. The van der Waals surface area contributed by atoms with E-state index in [1.54, 1.807) is 6.33 Å². The second-order valence-corrected chi connectivity index (χ2v) is 6.83. The summed E-state index contributed by atoms with van der Waals surface area (Å²) in [5.74, 6) is 1.86. The number of Topliss-reactive ketones (excluding diaryl/α,β-unsaturated/α-hetero) is 1. The number of hydrogen-bond acceptors (Lipinski definition) is 3. The molecular weight excluding hydrogens is 238 g/mol. The van der Waals surface area contributed by atoms with Crippen molar-refractivity contribution < 1.29 is 4.79 Å². The van der Waals surface area contributed by atoms with E-state index in [1.807, 2.05) is 4.68 Å². The largest absolute Gasteiger partial charge is 0.299 e. The quantitative estimate of drug-likeness (QED) is 0.820. The molecule has 0 bridgehead atoms. The highest BCUT2D eigenvalue weighted by molar-refractivity contribution is 5.83. The van der Waals surface area contributed by atoms with E-state index in [9.17, 15) is 4.79 Å². The summed E-state index contributed by atoms with van der Waals surface area (Å²) in [5.41, 5.74) is 0.153. The first-order valence-corrected chi connectivity index (χ1v) is 7.29. The number of carbonyl (C=O) groups excluding carboxylic acids is 1. The lowest BCUT2D eigenvalue weighted by atomic mass is 9.78. The van der Waals surface area contributed by atoms with E-state index in [0.717, 1.165) is 25.2 Å². The zero-order chi connectivity index (χ0) is 14.0. The molecule has 19 heavy (non-hydrogen) atoms. The second-order valence-electron chi connectivity index (χ2n) is 6.83. The highest BCUT2D eigenvalue weighted by Gasteiger charge is 2.39. The molecule has 0 N–H and O–H groups in total. The van der Waals surface area contributed by atoms with Gasteiger partial charge in [-0.2, -0.15) is 5.10 Å². The van der Waals surface area contributed by atoms with Crippen LogP contribution in [0, 0.1) is 17.3 Å². The second kappa shape index (κ2) is 5.43. The van der Waals surface area contributed by atoms with Crippen molar-refractivity contribution >= 4 is 5.78 Å². The molecule has 1 atom stereocenters. The molecule has 1 aromatic rings. The topological polar surface area (TPSA) is 47.8 Å². The predicted molar refractivity (Wildman–Crippen MR) is 74.7 cm³/mol. The molecule has 2 rings (SSSR count). The van der Waals surface area contributed by atoms with Gasteiger partial charge in [-0.05, 0) is 24.2 Å². The Hall–Kier alpha value is -1.19. The van der Waals surface area contributed by atoms with Crippen LogP contribution in [0.4, 0.5) is 0 Å². The van der Waals surface area contributed by atoms with Crippen LogP contribution in [0.15, 0.2) is 6.33 Å². The van der Waals surface area contributed by atoms with Crippen molar-refractivity contribution in [2.75, 3.05) is 0 Å². The van der Waals surface area contributed by atoms with Crippen molar-refractivity contribution in [3.63, 3.8) is 0 Å². The van der Waals surface area contributed by atoms with Gasteiger partial charge >= 0.3 is 0 Å². The average molecular weight is 263 g/mol. The van der Waals surface area contributed by atoms with Crippen molar-refractivity contribution in [1.82, 2.24) is 14.8 Å². The van der Waals surface area contributed by atoms with E-state index in [0.29, 0.717) is 18.1 Å². The maximum atomic E-state index is 12.5. The first-order valence-electron chi connectivity index (χ1n) is 7.29. The van der Waals surface area contributed by atoms with E-state index in [1.165, 1.54) is 6.42 Å². The fourth-order valence-corrected chi connectivity index (χ4v) is 3.13. The number of nitrogens with zero attached hydrogens (tertiary/aromatic N) is 3. The normalized spacial score (nSPS) is 22.1. The molecule has 4 heteroatoms. The number of ketones is 1. The zero-order valence-electron chi connectivity index (χ0n) is 12.5. The monoisotopic (exact) mass is 263 g/mol. The molecule has 0 saturated heterocycles. The summed E-state index contributed by atoms with van der Waals surface area (Å²) in [6.45, 7) is 9.54. The van der Waals surface area contributed by atoms with Gasteiger partial charge in [0.05, 0.1) is 6.42 Å². The third-order valence-corrected chi connectivity index (χ3v) is 4.21. The maximum Gasteiger partial charge on any atom is 0.144 e. The molecule has 0 aliphatic heterocycles. The van der Waals surface area contributed by atoms with Crippen LogP contribution >= 0.6 is 0 Å². The van der Waals surface area contributed by atoms with Gasteiger partial charge in [0, 0.05) is 12.5 Å². The molecule has 1 aliphatic rings. The Bertz CT molecular complexity index is 448. The van der Waals surface area contributed by atoms with Crippen molar-refractivity contribution in [2.45, 2.75) is 59.9 Å². The molecule has 0 radical (unpaired) electrons. The fraction of sp³-hybridized carbons (Fsp3) is 0.800. The fourth-order valence-electron chi connectivity index (χ4n) is 3.13. The van der Waals surface area contributed by atoms with E-state index in [4.69, 9.17) is 0 Å². The van der Waals surface area contributed by atoms with E-state index in [2.05, 4.69) is 37.8 Å². The van der Waals surface area contributed by atoms with Crippen molar-refractivity contribution in [2.24, 2.45) is 17.3 Å². The lowest BCUT2D eigenvalue weighted by Gasteiger charge is -2.25. The van der Waals surface area contributed by atoms with Gasteiger partial charge in [-0.1, -0.05) is 34.1 Å². The highest BCUT2D eigenvalue weighted by atomic mass is 16.1. The minimum Gasteiger partial charge on any atom is -0.299 e. The lowest BCUT2D eigenvalue weighted by Crippen LogP contribution is -2.28. The van der Waals surface area contributed by atoms with E-state index >= 15 is 0 Å². The summed E-state index contributed by atoms with van der Waals surface area (Å²) in [7, 11) is 0. The molecule has 1 fully saturated rings. The first kappa shape index (κ1) is 14.2. The molecule has 1 aliphatic carbocycles. The summed E-state index contributed by atoms with van der Waals surface area (Å²) in [4.78, 5) is 16.7. The van der Waals surface area contributed by atoms with Crippen LogP contribution in [0.1, 0.15) is 52.8 Å². The number of rotatable bonds is 5. The Morgan fingerprint density at radius 2 is 2.26 bits per heavy atom. The van der Waals surface area contributed by atoms with Gasteiger partial charge in [0.1, 0.15) is 17.9 Å². The van der Waals surface area contributed by atoms with Gasteiger partial charge in [-0.3, -0.25) is 4.79 Å². The van der Waals surface area contributed by atoms with Crippen molar-refractivity contribution in [3.8, 4) is 0 Å². The van der Waals surface area contributed by atoms with Crippen molar-refractivity contribution in [1.29, 1.82) is 0 Å². The van der Waals surface area contributed by atoms with Crippen LogP contribution in [-0.4, -0.2) is 20.5 Å². The van der Waals surface area contributed by atoms with Gasteiger partial charge in [-0.15, -0.1) is 0 Å². The van der Waals surface area contributed by atoms with E-state index in [-0.39, 0.29) is 11.3 Å². The Morgan fingerprint density at radius 1 is 1.53 bits per heavy atom. The molecule has 106 valence electrons. The van der Waals surface area contributed by atoms with Crippen LogP contribution in [0.3, 0.4) is 0 Å². The van der Waals surface area contributed by atoms with Gasteiger partial charge < -0.3 is 0 Å². The highest BCUT2D eigenvalue weighted by Crippen LogP contribution is 2.43. The molecule has 1 saturated carbocycles. The molecule has 0 spiro atoms. The third-order valence-electron chi connectivity index (χ3n) is 4.21. The summed E-state index contributed by atoms with van der Waals surface area (Å²) < 4.78 is 1.88. The Morgan fingerprint density at radius 3 is 2.84 bits per heavy atom. The Balaban J connectivity index is 2.05. The number of hydrogen-bond donors (Lipinski definition) is 0. The van der Waals surface area contributed by atoms with E-state index < -0.39 is 0 Å². The summed E-state index contributed by atoms with van der Waals surface area (Å²) >= 11 is 0. The molecular formula is C15H25N3O. The molecule has 1 heterocycles. The molecule has 0 amide bonds. The van der Waals surface area contributed by atoms with Crippen LogP contribution < -0.4 is 0 Å². The molecule has 0 aromatic carbocycles. The maximum absolute atomic E-state index is 12.5. The van der Waals surface area contributed by atoms with Gasteiger partial charge in [0.25, 0.3) is 0 Å². The minimum atomic E-state index is 0.153. The molecule has 1 unspecified atom stereocenters. The predicted octanol–water partition coefficient (Wildman–Crippen LogP) is 2.87. The third kappa shape index (κ3) is 3.23. The van der Waals surface area contributed by atoms with Crippen LogP contribution in [0.25, 0.3) is 0 Å². The summed E-state index contributed by atoms with van der Waals surface area (Å²) in [6.07, 6.45) is 5.35. The first-order chi connectivity index (χ1) is 8.90. The minimum absolute atomic E-state index is 0.153. The summed E-state index contributed by atoms with van der Waals surface area (Å²) in [6, 6.07) is 0. The Kier molecular flexibility index (Phi) is 4.07. The zero-order valence-corrected chi connectivity index (χ0v) is 12.5. The van der Waals surface area contributed by atoms with Gasteiger partial charge in [0.15, 0.2) is 0 Å². The molecule has 1 aromatic heterocycles. The average Bonchev–Trinajstić information content (AvgIpc) is 2.84. The lowest BCUT2D eigenvalue weighted by molar-refractivity contribution is -0.124. The van der Waals surface area contributed by atoms with Crippen LogP contribution in [0.2, 0.25) is 0 Å².